The SMILES string of the molecule is CCCCCCOc1cccc(OCC(=O)C(C[N+](C)(C)C)[C@@H](N)C(=O)[O-])c1. The van der Waals surface area contributed by atoms with E-state index in [1.165, 1.54) is 12.8 Å². The van der Waals surface area contributed by atoms with Gasteiger partial charge in [0.05, 0.1) is 52.2 Å². The van der Waals surface area contributed by atoms with Crippen LogP contribution in [0.2, 0.25) is 0 Å². The van der Waals surface area contributed by atoms with Gasteiger partial charge in [0.25, 0.3) is 0 Å². The van der Waals surface area contributed by atoms with Crippen molar-refractivity contribution in [3.8, 4) is 11.5 Å². The van der Waals surface area contributed by atoms with Crippen molar-refractivity contribution < 1.29 is 28.7 Å². The number of quaternary nitrogens is 1. The Balaban J connectivity index is 2.63. The molecule has 0 amide bonds. The Morgan fingerprint density at radius 3 is 2.32 bits per heavy atom. The maximum atomic E-state index is 12.6. The molecule has 158 valence electrons. The molecule has 2 N–H and O–H groups in total. The average Bonchev–Trinajstić information content (AvgIpc) is 2.63. The normalized spacial score (nSPS) is 13.6. The Labute approximate surface area is 168 Å². The number of ether oxygens (including phenoxy) is 2. The first-order valence-corrected chi connectivity index (χ1v) is 9.79. The van der Waals surface area contributed by atoms with E-state index in [0.29, 0.717) is 22.6 Å². The third-order valence-corrected chi connectivity index (χ3v) is 4.32. The van der Waals surface area contributed by atoms with Gasteiger partial charge < -0.3 is 29.6 Å². The van der Waals surface area contributed by atoms with Gasteiger partial charge in [-0.15, -0.1) is 0 Å². The molecule has 1 rings (SSSR count). The predicted molar refractivity (Wildman–Crippen MR) is 106 cm³/mol. The molecule has 0 saturated carbocycles. The number of aliphatic carboxylic acids is 1. The number of carbonyl (C=O) groups excluding carboxylic acids is 2. The zero-order valence-corrected chi connectivity index (χ0v) is 17.5. The zero-order valence-electron chi connectivity index (χ0n) is 17.5. The summed E-state index contributed by atoms with van der Waals surface area (Å²) in [5, 5.41) is 11.2. The van der Waals surface area contributed by atoms with E-state index in [2.05, 4.69) is 6.92 Å². The maximum absolute atomic E-state index is 12.6. The van der Waals surface area contributed by atoms with Crippen LogP contribution in [-0.2, 0) is 9.59 Å². The number of unbranched alkanes of at least 4 members (excludes halogenated alkanes) is 3. The summed E-state index contributed by atoms with van der Waals surface area (Å²) < 4.78 is 11.7. The van der Waals surface area contributed by atoms with E-state index in [1.807, 2.05) is 27.2 Å². The summed E-state index contributed by atoms with van der Waals surface area (Å²) in [5.41, 5.74) is 5.68. The van der Waals surface area contributed by atoms with Crippen LogP contribution in [-0.4, -0.2) is 63.2 Å². The van der Waals surface area contributed by atoms with Crippen LogP contribution < -0.4 is 20.3 Å². The number of hydrogen-bond donors (Lipinski definition) is 1. The van der Waals surface area contributed by atoms with Crippen molar-refractivity contribution in [1.82, 2.24) is 0 Å². The standard InChI is InChI=1S/C21H34N2O5/c1-5-6-7-8-12-27-16-10-9-11-17(13-16)28-15-19(24)18(14-23(2,3)4)20(22)21(25)26/h9-11,13,18,20H,5-8,12,14-15,22H2,1-4H3/t18?,20-/m1/s1. The van der Waals surface area contributed by atoms with E-state index >= 15 is 0 Å². The Kier molecular flexibility index (Phi) is 9.96. The summed E-state index contributed by atoms with van der Waals surface area (Å²) in [5.74, 6) is -1.52. The van der Waals surface area contributed by atoms with Crippen molar-refractivity contribution in [2.75, 3.05) is 40.9 Å². The molecule has 1 aromatic carbocycles. The van der Waals surface area contributed by atoms with Crippen molar-refractivity contribution in [3.63, 3.8) is 0 Å². The lowest BCUT2D eigenvalue weighted by molar-refractivity contribution is -0.872. The molecule has 28 heavy (non-hydrogen) atoms. The van der Waals surface area contributed by atoms with Crippen LogP contribution in [0.5, 0.6) is 11.5 Å². The van der Waals surface area contributed by atoms with Crippen molar-refractivity contribution in [2.24, 2.45) is 11.7 Å². The van der Waals surface area contributed by atoms with Crippen LogP contribution >= 0.6 is 0 Å². The lowest BCUT2D eigenvalue weighted by Gasteiger charge is -2.31. The maximum Gasteiger partial charge on any atom is 0.180 e. The van der Waals surface area contributed by atoms with Crippen LogP contribution in [0.25, 0.3) is 0 Å². The first kappa shape index (κ1) is 23.9. The molecule has 7 nitrogen and oxygen atoms in total. The quantitative estimate of drug-likeness (QED) is 0.373. The van der Waals surface area contributed by atoms with Gasteiger partial charge in [0.2, 0.25) is 0 Å². The predicted octanol–water partition coefficient (Wildman–Crippen LogP) is 0.993. The van der Waals surface area contributed by atoms with Gasteiger partial charge in [0.15, 0.2) is 5.78 Å². The summed E-state index contributed by atoms with van der Waals surface area (Å²) in [6.45, 7) is 2.81. The third kappa shape index (κ3) is 9.19. The number of benzene rings is 1. The molecule has 0 aliphatic rings. The lowest BCUT2D eigenvalue weighted by Crippen LogP contribution is -2.55. The van der Waals surface area contributed by atoms with Crippen molar-refractivity contribution in [3.05, 3.63) is 24.3 Å². The zero-order chi connectivity index (χ0) is 21.2. The Morgan fingerprint density at radius 2 is 1.75 bits per heavy atom. The van der Waals surface area contributed by atoms with Crippen LogP contribution in [0.3, 0.4) is 0 Å². The highest BCUT2D eigenvalue weighted by Crippen LogP contribution is 2.20. The van der Waals surface area contributed by atoms with Gasteiger partial charge in [-0.25, -0.2) is 0 Å². The number of ketones is 1. The second kappa shape index (κ2) is 11.7. The number of rotatable bonds is 14. The third-order valence-electron chi connectivity index (χ3n) is 4.32. The van der Waals surface area contributed by atoms with Crippen molar-refractivity contribution >= 4 is 11.8 Å². The number of hydrogen-bond acceptors (Lipinski definition) is 6. The first-order valence-electron chi connectivity index (χ1n) is 9.79. The number of nitrogens with zero attached hydrogens (tertiary/aromatic N) is 1. The molecule has 0 fully saturated rings. The molecule has 2 atom stereocenters. The van der Waals surface area contributed by atoms with Gasteiger partial charge in [-0.1, -0.05) is 32.3 Å². The number of carboxylic acids is 1. The minimum absolute atomic E-state index is 0.258. The van der Waals surface area contributed by atoms with E-state index < -0.39 is 17.9 Å². The summed E-state index contributed by atoms with van der Waals surface area (Å²) in [6, 6.07) is 5.70. The largest absolute Gasteiger partial charge is 0.548 e. The topological polar surface area (TPSA) is 102 Å². The number of Topliss-reactive ketones (excluding diaryl/α,β-unsaturated/α-hetero) is 1. The minimum atomic E-state index is -1.44. The Morgan fingerprint density at radius 1 is 1.11 bits per heavy atom. The molecule has 7 heteroatoms. The monoisotopic (exact) mass is 394 g/mol. The van der Waals surface area contributed by atoms with Gasteiger partial charge >= 0.3 is 0 Å². The number of nitrogens with two attached hydrogens (primary N) is 1. The van der Waals surface area contributed by atoms with Crippen LogP contribution in [0.4, 0.5) is 0 Å². The fourth-order valence-corrected chi connectivity index (χ4v) is 2.80. The highest BCUT2D eigenvalue weighted by molar-refractivity contribution is 5.88. The summed E-state index contributed by atoms with van der Waals surface area (Å²) in [4.78, 5) is 23.7. The molecule has 0 aliphatic carbocycles. The summed E-state index contributed by atoms with van der Waals surface area (Å²) in [7, 11) is 5.60. The highest BCUT2D eigenvalue weighted by Gasteiger charge is 2.32. The van der Waals surface area contributed by atoms with Crippen molar-refractivity contribution in [1.29, 1.82) is 0 Å². The van der Waals surface area contributed by atoms with Gasteiger partial charge in [0.1, 0.15) is 18.1 Å². The fourth-order valence-electron chi connectivity index (χ4n) is 2.80. The molecule has 0 saturated heterocycles. The smallest absolute Gasteiger partial charge is 0.180 e. The molecular weight excluding hydrogens is 360 g/mol. The number of carboxylic acid groups (broad SMARTS) is 1. The second-order valence-electron chi connectivity index (χ2n) is 8.06. The van der Waals surface area contributed by atoms with Gasteiger partial charge in [-0.05, 0) is 18.6 Å². The minimum Gasteiger partial charge on any atom is -0.548 e. The molecule has 0 spiro atoms. The molecule has 0 aliphatic heterocycles. The number of carbonyl (C=O) groups is 2. The van der Waals surface area contributed by atoms with Crippen molar-refractivity contribution in [2.45, 2.75) is 38.6 Å². The van der Waals surface area contributed by atoms with Crippen LogP contribution in [0, 0.1) is 5.92 Å². The highest BCUT2D eigenvalue weighted by atomic mass is 16.5. The average molecular weight is 395 g/mol. The van der Waals surface area contributed by atoms with E-state index in [9.17, 15) is 14.7 Å². The molecule has 0 heterocycles. The van der Waals surface area contributed by atoms with Crippen LogP contribution in [0.1, 0.15) is 32.6 Å². The first-order chi connectivity index (χ1) is 13.1. The fraction of sp³-hybridized carbons (Fsp3) is 0.619. The Hall–Kier alpha value is -2.12. The molecule has 0 radical (unpaired) electrons. The summed E-state index contributed by atoms with van der Waals surface area (Å²) >= 11 is 0. The van der Waals surface area contributed by atoms with E-state index in [-0.39, 0.29) is 18.9 Å². The Bertz CT molecular complexity index is 627. The van der Waals surface area contributed by atoms with Gasteiger partial charge in [-0.2, -0.15) is 0 Å². The molecule has 0 aromatic heterocycles. The van der Waals surface area contributed by atoms with E-state index in [4.69, 9.17) is 15.2 Å². The molecule has 0 bridgehead atoms. The van der Waals surface area contributed by atoms with E-state index in [1.54, 1.807) is 18.2 Å². The molecule has 1 aromatic rings. The molecular formula is C21H34N2O5. The lowest BCUT2D eigenvalue weighted by atomic mass is 9.94. The molecule has 1 unspecified atom stereocenters. The summed E-state index contributed by atoms with van der Waals surface area (Å²) in [6.07, 6.45) is 4.49. The van der Waals surface area contributed by atoms with Crippen LogP contribution in [0.15, 0.2) is 24.3 Å². The second-order valence-corrected chi connectivity index (χ2v) is 8.06. The van der Waals surface area contributed by atoms with Gasteiger partial charge in [-0.3, -0.25) is 4.79 Å². The van der Waals surface area contributed by atoms with E-state index in [0.717, 1.165) is 12.8 Å². The van der Waals surface area contributed by atoms with Gasteiger partial charge in [0, 0.05) is 6.07 Å².